The number of hydrogen-bond acceptors (Lipinski definition) is 6. The van der Waals surface area contributed by atoms with E-state index in [1.807, 2.05) is 35.0 Å². The molecule has 4 aromatic rings. The predicted octanol–water partition coefficient (Wildman–Crippen LogP) is 4.73. The first-order chi connectivity index (χ1) is 14.1. The second-order valence-corrected chi connectivity index (χ2v) is 8.22. The van der Waals surface area contributed by atoms with E-state index in [0.29, 0.717) is 28.7 Å². The summed E-state index contributed by atoms with van der Waals surface area (Å²) in [6, 6.07) is 7.70. The SMILES string of the molecule is Nc1ncnc2c1ccn2C1CCC(COc2ccc3cc(Br)cnc3c2Cl)O1. The highest BCUT2D eigenvalue weighted by Gasteiger charge is 2.28. The summed E-state index contributed by atoms with van der Waals surface area (Å²) in [6.45, 7) is 0.411. The van der Waals surface area contributed by atoms with Gasteiger partial charge >= 0.3 is 0 Å². The zero-order chi connectivity index (χ0) is 20.0. The number of benzene rings is 1. The Balaban J connectivity index is 1.29. The summed E-state index contributed by atoms with van der Waals surface area (Å²) in [7, 11) is 0. The highest BCUT2D eigenvalue weighted by atomic mass is 79.9. The van der Waals surface area contributed by atoms with E-state index in [2.05, 4.69) is 30.9 Å². The van der Waals surface area contributed by atoms with Crippen LogP contribution in [0, 0.1) is 0 Å². The number of nitrogen functional groups attached to an aromatic ring is 1. The van der Waals surface area contributed by atoms with Gasteiger partial charge in [-0.05, 0) is 53.0 Å². The van der Waals surface area contributed by atoms with Gasteiger partial charge < -0.3 is 19.8 Å². The lowest BCUT2D eigenvalue weighted by atomic mass is 10.2. The number of fused-ring (bicyclic) bond motifs is 2. The largest absolute Gasteiger partial charge is 0.489 e. The Morgan fingerprint density at radius 1 is 1.24 bits per heavy atom. The third-order valence-electron chi connectivity index (χ3n) is 5.08. The number of aromatic nitrogens is 4. The molecule has 148 valence electrons. The number of nitrogens with zero attached hydrogens (tertiary/aromatic N) is 4. The molecule has 0 bridgehead atoms. The summed E-state index contributed by atoms with van der Waals surface area (Å²) >= 11 is 9.92. The molecule has 0 saturated carbocycles. The minimum absolute atomic E-state index is 0.0405. The molecule has 2 unspecified atom stereocenters. The zero-order valence-corrected chi connectivity index (χ0v) is 17.6. The lowest BCUT2D eigenvalue weighted by molar-refractivity contribution is -0.0155. The molecule has 1 aliphatic rings. The van der Waals surface area contributed by atoms with E-state index in [-0.39, 0.29) is 12.3 Å². The number of pyridine rings is 1. The topological polar surface area (TPSA) is 88.1 Å². The molecule has 0 radical (unpaired) electrons. The van der Waals surface area contributed by atoms with Crippen LogP contribution < -0.4 is 10.5 Å². The fourth-order valence-corrected chi connectivity index (χ4v) is 4.28. The van der Waals surface area contributed by atoms with Gasteiger partial charge in [0.15, 0.2) is 0 Å². The predicted molar refractivity (Wildman–Crippen MR) is 115 cm³/mol. The van der Waals surface area contributed by atoms with E-state index in [4.69, 9.17) is 26.8 Å². The molecule has 0 spiro atoms. The van der Waals surface area contributed by atoms with Crippen LogP contribution in [0.25, 0.3) is 21.9 Å². The average molecular weight is 475 g/mol. The second-order valence-electron chi connectivity index (χ2n) is 6.92. The third kappa shape index (κ3) is 3.41. The van der Waals surface area contributed by atoms with Crippen molar-refractivity contribution in [1.29, 1.82) is 0 Å². The molecule has 1 fully saturated rings. The molecule has 1 aromatic carbocycles. The lowest BCUT2D eigenvalue weighted by Gasteiger charge is -2.17. The molecule has 9 heteroatoms. The zero-order valence-electron chi connectivity index (χ0n) is 15.3. The molecule has 0 amide bonds. The molecule has 5 rings (SSSR count). The van der Waals surface area contributed by atoms with Gasteiger partial charge in [-0.2, -0.15) is 0 Å². The van der Waals surface area contributed by atoms with Crippen LogP contribution in [0.5, 0.6) is 5.75 Å². The fourth-order valence-electron chi connectivity index (χ4n) is 3.65. The summed E-state index contributed by atoms with van der Waals surface area (Å²) in [4.78, 5) is 12.8. The monoisotopic (exact) mass is 473 g/mol. The molecule has 3 aromatic heterocycles. The summed E-state index contributed by atoms with van der Waals surface area (Å²) < 4.78 is 15.1. The van der Waals surface area contributed by atoms with Gasteiger partial charge in [0.05, 0.1) is 17.0 Å². The van der Waals surface area contributed by atoms with Crippen LogP contribution in [-0.2, 0) is 4.74 Å². The van der Waals surface area contributed by atoms with Crippen LogP contribution in [0.15, 0.2) is 47.5 Å². The molecule has 2 atom stereocenters. The van der Waals surface area contributed by atoms with E-state index in [0.717, 1.165) is 33.7 Å². The van der Waals surface area contributed by atoms with Crippen molar-refractivity contribution in [2.45, 2.75) is 25.2 Å². The van der Waals surface area contributed by atoms with Crippen molar-refractivity contribution in [3.63, 3.8) is 0 Å². The van der Waals surface area contributed by atoms with E-state index in [1.165, 1.54) is 6.33 Å². The first-order valence-corrected chi connectivity index (χ1v) is 10.4. The highest BCUT2D eigenvalue weighted by Crippen LogP contribution is 2.35. The standard InChI is InChI=1S/C20H17BrClN5O2/c21-12-7-11-1-3-15(17(22)18(11)24-8-12)28-9-13-2-4-16(29-13)27-6-5-14-19(23)25-10-26-20(14)27/h1,3,5-8,10,13,16H,2,4,9H2,(H2,23,25,26). The Bertz CT molecular complexity index is 1210. The second kappa shape index (κ2) is 7.44. The number of nitrogens with two attached hydrogens (primary N) is 1. The van der Waals surface area contributed by atoms with Crippen LogP contribution in [0.4, 0.5) is 5.82 Å². The quantitative estimate of drug-likeness (QED) is 0.460. The van der Waals surface area contributed by atoms with Gasteiger partial charge in [-0.25, -0.2) is 9.97 Å². The van der Waals surface area contributed by atoms with Crippen LogP contribution >= 0.6 is 27.5 Å². The Labute approximate surface area is 179 Å². The number of anilines is 1. The van der Waals surface area contributed by atoms with Gasteiger partial charge in [0.1, 0.15) is 41.4 Å². The summed E-state index contributed by atoms with van der Waals surface area (Å²) in [5.41, 5.74) is 7.42. The first kappa shape index (κ1) is 18.6. The number of hydrogen-bond donors (Lipinski definition) is 1. The number of rotatable bonds is 4. The third-order valence-corrected chi connectivity index (χ3v) is 5.88. The maximum atomic E-state index is 6.50. The summed E-state index contributed by atoms with van der Waals surface area (Å²) in [6.07, 6.45) is 6.72. The van der Waals surface area contributed by atoms with Crippen molar-refractivity contribution in [3.05, 3.63) is 52.5 Å². The molecule has 0 aliphatic carbocycles. The molecular formula is C20H17BrClN5O2. The fraction of sp³-hybridized carbons (Fsp3) is 0.250. The molecule has 2 N–H and O–H groups in total. The van der Waals surface area contributed by atoms with Gasteiger partial charge in [0.2, 0.25) is 0 Å². The van der Waals surface area contributed by atoms with E-state index in [1.54, 1.807) is 6.20 Å². The molecule has 1 aliphatic heterocycles. The summed E-state index contributed by atoms with van der Waals surface area (Å²) in [5, 5.41) is 2.29. The molecule has 7 nitrogen and oxygen atoms in total. The van der Waals surface area contributed by atoms with Crippen molar-refractivity contribution < 1.29 is 9.47 Å². The van der Waals surface area contributed by atoms with E-state index >= 15 is 0 Å². The van der Waals surface area contributed by atoms with Crippen molar-refractivity contribution in [1.82, 2.24) is 19.5 Å². The molecule has 29 heavy (non-hydrogen) atoms. The minimum atomic E-state index is -0.110. The summed E-state index contributed by atoms with van der Waals surface area (Å²) in [5.74, 6) is 1.08. The van der Waals surface area contributed by atoms with Crippen molar-refractivity contribution >= 4 is 55.3 Å². The van der Waals surface area contributed by atoms with Gasteiger partial charge in [-0.3, -0.25) is 4.98 Å². The van der Waals surface area contributed by atoms with Crippen molar-refractivity contribution in [3.8, 4) is 5.75 Å². The Morgan fingerprint density at radius 3 is 3.03 bits per heavy atom. The smallest absolute Gasteiger partial charge is 0.147 e. The first-order valence-electron chi connectivity index (χ1n) is 9.19. The number of ether oxygens (including phenoxy) is 2. The normalized spacial score (nSPS) is 19.2. The molecular weight excluding hydrogens is 458 g/mol. The van der Waals surface area contributed by atoms with Gasteiger partial charge in [0.25, 0.3) is 0 Å². The van der Waals surface area contributed by atoms with E-state index < -0.39 is 0 Å². The molecule has 1 saturated heterocycles. The Kier molecular flexibility index (Phi) is 4.77. The number of halogens is 2. The maximum Gasteiger partial charge on any atom is 0.147 e. The minimum Gasteiger partial charge on any atom is -0.489 e. The van der Waals surface area contributed by atoms with E-state index in [9.17, 15) is 0 Å². The Morgan fingerprint density at radius 2 is 2.14 bits per heavy atom. The van der Waals surface area contributed by atoms with Gasteiger partial charge in [-0.15, -0.1) is 0 Å². The Hall–Kier alpha value is -2.42. The van der Waals surface area contributed by atoms with Crippen LogP contribution in [0.2, 0.25) is 5.02 Å². The van der Waals surface area contributed by atoms with Gasteiger partial charge in [-0.1, -0.05) is 11.6 Å². The van der Waals surface area contributed by atoms with Crippen LogP contribution in [0.3, 0.4) is 0 Å². The van der Waals surface area contributed by atoms with Crippen LogP contribution in [-0.4, -0.2) is 32.2 Å². The highest BCUT2D eigenvalue weighted by molar-refractivity contribution is 9.10. The van der Waals surface area contributed by atoms with Crippen LogP contribution in [0.1, 0.15) is 19.1 Å². The maximum absolute atomic E-state index is 6.50. The van der Waals surface area contributed by atoms with Crippen molar-refractivity contribution in [2.75, 3.05) is 12.3 Å². The lowest BCUT2D eigenvalue weighted by Crippen LogP contribution is -2.18. The van der Waals surface area contributed by atoms with Gasteiger partial charge in [0, 0.05) is 22.3 Å². The van der Waals surface area contributed by atoms with Crippen molar-refractivity contribution in [2.24, 2.45) is 0 Å². The average Bonchev–Trinajstić information content (AvgIpc) is 3.35. The molecule has 4 heterocycles.